The van der Waals surface area contributed by atoms with Crippen LogP contribution < -0.4 is 10.2 Å². The Hall–Kier alpha value is -1.76. The minimum Gasteiger partial charge on any atom is -0.365 e. The van der Waals surface area contributed by atoms with E-state index >= 15 is 0 Å². The third kappa shape index (κ3) is 2.81. The molecule has 7 heteroatoms. The van der Waals surface area contributed by atoms with Crippen LogP contribution in [0.5, 0.6) is 0 Å². The Labute approximate surface area is 111 Å². The molecule has 1 N–H and O–H groups in total. The first-order valence-electron chi connectivity index (χ1n) is 6.24. The number of halogens is 1. The summed E-state index contributed by atoms with van der Waals surface area (Å²) in [6, 6.07) is 0. The average molecular weight is 268 g/mol. The molecule has 0 aromatic carbocycles. The molecule has 104 valence electrons. The van der Waals surface area contributed by atoms with Crippen molar-refractivity contribution in [2.45, 2.75) is 19.4 Å². The lowest BCUT2D eigenvalue weighted by Crippen LogP contribution is -2.49. The van der Waals surface area contributed by atoms with Crippen molar-refractivity contribution in [2.75, 3.05) is 31.6 Å². The zero-order valence-corrected chi connectivity index (χ0v) is 11.0. The summed E-state index contributed by atoms with van der Waals surface area (Å²) in [6.07, 6.45) is 1.25. The van der Waals surface area contributed by atoms with E-state index in [1.807, 2.05) is 6.92 Å². The number of aryl methyl sites for hydroxylation is 1. The van der Waals surface area contributed by atoms with E-state index in [9.17, 15) is 9.18 Å². The molecule has 1 aromatic rings. The van der Waals surface area contributed by atoms with Crippen molar-refractivity contribution in [1.82, 2.24) is 15.3 Å². The van der Waals surface area contributed by atoms with Crippen LogP contribution in [0.4, 0.5) is 10.2 Å². The molecular weight excluding hydrogens is 251 g/mol. The van der Waals surface area contributed by atoms with Gasteiger partial charge in [-0.15, -0.1) is 0 Å². The van der Waals surface area contributed by atoms with Crippen LogP contribution in [0.25, 0.3) is 0 Å². The molecule has 1 amide bonds. The predicted molar refractivity (Wildman–Crippen MR) is 67.4 cm³/mol. The van der Waals surface area contributed by atoms with E-state index in [-0.39, 0.29) is 18.3 Å². The van der Waals surface area contributed by atoms with Gasteiger partial charge >= 0.3 is 0 Å². The Kier molecular flexibility index (Phi) is 4.26. The van der Waals surface area contributed by atoms with Crippen LogP contribution in [-0.4, -0.2) is 48.7 Å². The van der Waals surface area contributed by atoms with E-state index in [2.05, 4.69) is 15.3 Å². The van der Waals surface area contributed by atoms with Gasteiger partial charge in [-0.05, 0) is 6.42 Å². The summed E-state index contributed by atoms with van der Waals surface area (Å²) in [5.41, 5.74) is 0.382. The average Bonchev–Trinajstić information content (AvgIpc) is 2.46. The number of aromatic nitrogens is 2. The number of hydrogen-bond donors (Lipinski definition) is 1. The van der Waals surface area contributed by atoms with E-state index < -0.39 is 11.9 Å². The molecule has 19 heavy (non-hydrogen) atoms. The van der Waals surface area contributed by atoms with Crippen LogP contribution >= 0.6 is 0 Å². The molecule has 0 bridgehead atoms. The number of carbonyl (C=O) groups excluding carboxylic acids is 1. The molecule has 1 atom stereocenters. The topological polar surface area (TPSA) is 67.3 Å². The second kappa shape index (κ2) is 5.92. The number of anilines is 1. The highest BCUT2D eigenvalue weighted by Crippen LogP contribution is 2.20. The van der Waals surface area contributed by atoms with Crippen molar-refractivity contribution in [1.29, 1.82) is 0 Å². The lowest BCUT2D eigenvalue weighted by molar-refractivity contribution is -0.132. The number of rotatable bonds is 3. The summed E-state index contributed by atoms with van der Waals surface area (Å²) in [7, 11) is 1.55. The molecule has 0 radical (unpaired) electrons. The molecule has 1 saturated heterocycles. The summed E-state index contributed by atoms with van der Waals surface area (Å²) < 4.78 is 19.5. The standard InChI is InChI=1S/C12H17FN4O2/c1-3-8-10(13)11(16-7-15-8)17-4-5-19-9(6-17)12(18)14-2/h7,9H,3-6H2,1-2H3,(H,14,18). The quantitative estimate of drug-likeness (QED) is 0.844. The Morgan fingerprint density at radius 2 is 2.42 bits per heavy atom. The minimum absolute atomic E-state index is 0.213. The van der Waals surface area contributed by atoms with Crippen molar-refractivity contribution in [3.05, 3.63) is 17.8 Å². The first-order valence-corrected chi connectivity index (χ1v) is 6.24. The zero-order valence-electron chi connectivity index (χ0n) is 11.0. The van der Waals surface area contributed by atoms with Crippen LogP contribution in [0.1, 0.15) is 12.6 Å². The molecule has 2 rings (SSSR count). The maximum atomic E-state index is 14.2. The zero-order chi connectivity index (χ0) is 13.8. The first kappa shape index (κ1) is 13.7. The molecule has 0 saturated carbocycles. The van der Waals surface area contributed by atoms with Crippen LogP contribution in [0.15, 0.2) is 6.33 Å². The Balaban J connectivity index is 2.20. The van der Waals surface area contributed by atoms with Gasteiger partial charge in [-0.2, -0.15) is 0 Å². The van der Waals surface area contributed by atoms with Gasteiger partial charge in [0, 0.05) is 13.6 Å². The summed E-state index contributed by atoms with van der Waals surface area (Å²) >= 11 is 0. The second-order valence-corrected chi connectivity index (χ2v) is 4.23. The maximum absolute atomic E-state index is 14.2. The van der Waals surface area contributed by atoms with E-state index in [1.54, 1.807) is 11.9 Å². The first-order chi connectivity index (χ1) is 9.17. The fraction of sp³-hybridized carbons (Fsp3) is 0.583. The van der Waals surface area contributed by atoms with Crippen LogP contribution in [0.2, 0.25) is 0 Å². The van der Waals surface area contributed by atoms with Gasteiger partial charge in [0.15, 0.2) is 17.7 Å². The van der Waals surface area contributed by atoms with E-state index in [4.69, 9.17) is 4.74 Å². The lowest BCUT2D eigenvalue weighted by Gasteiger charge is -2.32. The number of carbonyl (C=O) groups is 1. The Bertz CT molecular complexity index is 469. The SMILES string of the molecule is CCc1ncnc(N2CCOC(C(=O)NC)C2)c1F. The second-order valence-electron chi connectivity index (χ2n) is 4.23. The Morgan fingerprint density at radius 1 is 1.63 bits per heavy atom. The van der Waals surface area contributed by atoms with Gasteiger partial charge in [0.2, 0.25) is 0 Å². The van der Waals surface area contributed by atoms with Crippen molar-refractivity contribution in [3.8, 4) is 0 Å². The molecule has 1 aliphatic heterocycles. The largest absolute Gasteiger partial charge is 0.365 e. The highest BCUT2D eigenvalue weighted by molar-refractivity contribution is 5.81. The number of nitrogens with zero attached hydrogens (tertiary/aromatic N) is 3. The van der Waals surface area contributed by atoms with E-state index in [0.717, 1.165) is 0 Å². The number of amides is 1. The number of likely N-dealkylation sites (N-methyl/N-ethyl adjacent to an activating group) is 1. The van der Waals surface area contributed by atoms with Crippen molar-refractivity contribution in [2.24, 2.45) is 0 Å². The van der Waals surface area contributed by atoms with E-state index in [1.165, 1.54) is 6.33 Å². The fourth-order valence-electron chi connectivity index (χ4n) is 2.02. The highest BCUT2D eigenvalue weighted by atomic mass is 19.1. The van der Waals surface area contributed by atoms with Gasteiger partial charge < -0.3 is 15.0 Å². The molecule has 2 heterocycles. The molecule has 1 aromatic heterocycles. The summed E-state index contributed by atoms with van der Waals surface area (Å²) in [6.45, 7) is 2.99. The van der Waals surface area contributed by atoms with Gasteiger partial charge in [-0.25, -0.2) is 14.4 Å². The van der Waals surface area contributed by atoms with Crippen LogP contribution in [0.3, 0.4) is 0 Å². The van der Waals surface area contributed by atoms with Gasteiger partial charge in [0.25, 0.3) is 5.91 Å². The minimum atomic E-state index is -0.599. The van der Waals surface area contributed by atoms with Crippen LogP contribution in [-0.2, 0) is 16.0 Å². The predicted octanol–water partition coefficient (Wildman–Crippen LogP) is 0.129. The molecule has 1 fully saturated rings. The summed E-state index contributed by atoms with van der Waals surface area (Å²) in [5.74, 6) is -0.388. The fourth-order valence-corrected chi connectivity index (χ4v) is 2.02. The Morgan fingerprint density at radius 3 is 3.11 bits per heavy atom. The van der Waals surface area contributed by atoms with Crippen molar-refractivity contribution >= 4 is 11.7 Å². The third-order valence-electron chi connectivity index (χ3n) is 3.08. The van der Waals surface area contributed by atoms with Crippen molar-refractivity contribution < 1.29 is 13.9 Å². The maximum Gasteiger partial charge on any atom is 0.250 e. The van der Waals surface area contributed by atoms with Gasteiger partial charge in [-0.3, -0.25) is 4.79 Å². The number of hydrogen-bond acceptors (Lipinski definition) is 5. The summed E-state index contributed by atoms with van der Waals surface area (Å²) in [5, 5.41) is 2.53. The highest BCUT2D eigenvalue weighted by Gasteiger charge is 2.28. The van der Waals surface area contributed by atoms with Gasteiger partial charge in [0.1, 0.15) is 6.33 Å². The van der Waals surface area contributed by atoms with Gasteiger partial charge in [-0.1, -0.05) is 6.92 Å². The monoisotopic (exact) mass is 268 g/mol. The normalized spacial score (nSPS) is 19.3. The van der Waals surface area contributed by atoms with Gasteiger partial charge in [0.05, 0.1) is 18.8 Å². The molecule has 6 nitrogen and oxygen atoms in total. The summed E-state index contributed by atoms with van der Waals surface area (Å²) in [4.78, 5) is 21.2. The number of morpholine rings is 1. The number of nitrogens with one attached hydrogen (secondary N) is 1. The molecular formula is C12H17FN4O2. The lowest BCUT2D eigenvalue weighted by atomic mass is 10.2. The molecule has 1 aliphatic rings. The molecule has 0 aliphatic carbocycles. The third-order valence-corrected chi connectivity index (χ3v) is 3.08. The molecule has 1 unspecified atom stereocenters. The number of ether oxygens (including phenoxy) is 1. The van der Waals surface area contributed by atoms with Crippen molar-refractivity contribution in [3.63, 3.8) is 0 Å². The smallest absolute Gasteiger partial charge is 0.250 e. The van der Waals surface area contributed by atoms with Crippen LogP contribution in [0, 0.1) is 5.82 Å². The van der Waals surface area contributed by atoms with E-state index in [0.29, 0.717) is 25.3 Å². The molecule has 0 spiro atoms.